The van der Waals surface area contributed by atoms with Gasteiger partial charge in [0.05, 0.1) is 0 Å². The maximum Gasteiger partial charge on any atom is 0.488 e. The van der Waals surface area contributed by atoms with Gasteiger partial charge in [-0.1, -0.05) is 48.5 Å². The molecular formula is C27H34BNO5. The summed E-state index contributed by atoms with van der Waals surface area (Å²) in [5.74, 6) is 0.197. The van der Waals surface area contributed by atoms with Gasteiger partial charge in [0.15, 0.2) is 0 Å². The van der Waals surface area contributed by atoms with Crippen molar-refractivity contribution >= 4 is 30.5 Å². The molecule has 1 aliphatic rings. The van der Waals surface area contributed by atoms with Crippen molar-refractivity contribution in [2.24, 2.45) is 0 Å². The number of esters is 1. The Hall–Kier alpha value is -2.90. The smallest absolute Gasteiger partial charge is 0.460 e. The third kappa shape index (κ3) is 7.85. The Morgan fingerprint density at radius 1 is 1.09 bits per heavy atom. The van der Waals surface area contributed by atoms with Crippen molar-refractivity contribution in [2.75, 3.05) is 13.1 Å². The van der Waals surface area contributed by atoms with Crippen molar-refractivity contribution in [3.63, 3.8) is 0 Å². The average Bonchev–Trinajstić information content (AvgIpc) is 2.80. The molecule has 3 rings (SSSR count). The van der Waals surface area contributed by atoms with Gasteiger partial charge in [-0.05, 0) is 74.2 Å². The Bertz CT molecular complexity index is 1000. The zero-order valence-electron chi connectivity index (χ0n) is 20.2. The van der Waals surface area contributed by atoms with Crippen LogP contribution in [0.2, 0.25) is 0 Å². The molecule has 34 heavy (non-hydrogen) atoms. The summed E-state index contributed by atoms with van der Waals surface area (Å²) in [5.41, 5.74) is 3.17. The first-order valence-corrected chi connectivity index (χ1v) is 11.8. The number of aryl methyl sites for hydroxylation is 1. The van der Waals surface area contributed by atoms with Gasteiger partial charge in [-0.25, -0.2) is 0 Å². The van der Waals surface area contributed by atoms with Crippen LogP contribution in [-0.4, -0.2) is 52.6 Å². The fraction of sp³-hybridized carbons (Fsp3) is 0.407. The van der Waals surface area contributed by atoms with E-state index in [0.717, 1.165) is 24.0 Å². The fourth-order valence-corrected chi connectivity index (χ4v) is 4.13. The molecular weight excluding hydrogens is 429 g/mol. The molecule has 6 nitrogen and oxygen atoms in total. The number of amides is 1. The van der Waals surface area contributed by atoms with Gasteiger partial charge >= 0.3 is 13.1 Å². The molecule has 180 valence electrons. The van der Waals surface area contributed by atoms with E-state index in [2.05, 4.69) is 12.1 Å². The van der Waals surface area contributed by atoms with Crippen molar-refractivity contribution in [2.45, 2.75) is 58.0 Å². The Morgan fingerprint density at radius 3 is 2.38 bits per heavy atom. The highest BCUT2D eigenvalue weighted by molar-refractivity contribution is 6.58. The first-order chi connectivity index (χ1) is 16.1. The molecule has 1 amide bonds. The van der Waals surface area contributed by atoms with Crippen molar-refractivity contribution < 1.29 is 24.4 Å². The lowest BCUT2D eigenvalue weighted by molar-refractivity contribution is -0.154. The van der Waals surface area contributed by atoms with Gasteiger partial charge < -0.3 is 19.7 Å². The van der Waals surface area contributed by atoms with Crippen LogP contribution in [0.4, 0.5) is 0 Å². The van der Waals surface area contributed by atoms with Gasteiger partial charge in [0.25, 0.3) is 0 Å². The predicted octanol–water partition coefficient (Wildman–Crippen LogP) is 3.06. The largest absolute Gasteiger partial charge is 0.488 e. The van der Waals surface area contributed by atoms with Crippen molar-refractivity contribution in [3.8, 4) is 0 Å². The SMILES string of the molecule is CC(C)(C)OC(=O)CCc1cccc(C2CCN(C(=O)/C=C/c3ccc(B(O)O)cc3)CC2)c1. The quantitative estimate of drug-likeness (QED) is 0.375. The van der Waals surface area contributed by atoms with Crippen molar-refractivity contribution in [1.82, 2.24) is 4.90 Å². The summed E-state index contributed by atoms with van der Waals surface area (Å²) in [6.07, 6.45) is 6.14. The second-order valence-corrected chi connectivity index (χ2v) is 9.80. The first-order valence-electron chi connectivity index (χ1n) is 11.8. The molecule has 1 fully saturated rings. The standard InChI is InChI=1S/C27H34BNO5/c1-27(2,3)34-26(31)14-10-21-5-4-6-23(19-21)22-15-17-29(18-16-22)25(30)13-9-20-7-11-24(12-8-20)28(32)33/h4-9,11-13,19,22,32-33H,10,14-18H2,1-3H3/b13-9+. The first kappa shape index (κ1) is 25.7. The number of ether oxygens (including phenoxy) is 1. The highest BCUT2D eigenvalue weighted by Crippen LogP contribution is 2.29. The van der Waals surface area contributed by atoms with E-state index in [-0.39, 0.29) is 11.9 Å². The summed E-state index contributed by atoms with van der Waals surface area (Å²) in [5, 5.41) is 18.3. The number of nitrogens with zero attached hydrogens (tertiary/aromatic N) is 1. The molecule has 0 aliphatic carbocycles. The van der Waals surface area contributed by atoms with E-state index in [1.807, 2.05) is 37.8 Å². The molecule has 2 N–H and O–H groups in total. The summed E-state index contributed by atoms with van der Waals surface area (Å²) in [6.45, 7) is 7.02. The number of hydrogen-bond acceptors (Lipinski definition) is 5. The minimum atomic E-state index is -1.49. The number of benzene rings is 2. The Kier molecular flexibility index (Phi) is 8.70. The topological polar surface area (TPSA) is 87.1 Å². The van der Waals surface area contributed by atoms with E-state index in [9.17, 15) is 9.59 Å². The number of rotatable bonds is 7. The van der Waals surface area contributed by atoms with Crippen LogP contribution >= 0.6 is 0 Å². The lowest BCUT2D eigenvalue weighted by Gasteiger charge is -2.31. The molecule has 2 aromatic rings. The van der Waals surface area contributed by atoms with Gasteiger partial charge in [-0.15, -0.1) is 0 Å². The molecule has 0 aromatic heterocycles. The van der Waals surface area contributed by atoms with Crippen LogP contribution < -0.4 is 5.46 Å². The van der Waals surface area contributed by atoms with Gasteiger partial charge in [0.2, 0.25) is 5.91 Å². The van der Waals surface area contributed by atoms with Crippen LogP contribution in [0.15, 0.2) is 54.6 Å². The zero-order valence-corrected chi connectivity index (χ0v) is 20.2. The molecule has 0 unspecified atom stereocenters. The molecule has 1 saturated heterocycles. The number of hydrogen-bond donors (Lipinski definition) is 2. The highest BCUT2D eigenvalue weighted by atomic mass is 16.6. The van der Waals surface area contributed by atoms with Crippen molar-refractivity contribution in [3.05, 3.63) is 71.3 Å². The lowest BCUT2D eigenvalue weighted by atomic mass is 9.80. The van der Waals surface area contributed by atoms with E-state index < -0.39 is 12.7 Å². The van der Waals surface area contributed by atoms with Crippen LogP contribution in [0.25, 0.3) is 6.08 Å². The Labute approximate surface area is 202 Å². The average molecular weight is 463 g/mol. The molecule has 0 atom stereocenters. The molecule has 7 heteroatoms. The summed E-state index contributed by atoms with van der Waals surface area (Å²) in [6, 6.07) is 15.2. The van der Waals surface area contributed by atoms with Gasteiger partial charge in [-0.2, -0.15) is 0 Å². The van der Waals surface area contributed by atoms with Crippen LogP contribution in [0.1, 0.15) is 62.6 Å². The molecule has 0 spiro atoms. The van der Waals surface area contributed by atoms with E-state index >= 15 is 0 Å². The van der Waals surface area contributed by atoms with Crippen LogP contribution in [0.3, 0.4) is 0 Å². The molecule has 1 aliphatic heterocycles. The minimum Gasteiger partial charge on any atom is -0.460 e. The molecule has 1 heterocycles. The summed E-state index contributed by atoms with van der Waals surface area (Å²) in [7, 11) is -1.49. The summed E-state index contributed by atoms with van der Waals surface area (Å²) in [4.78, 5) is 26.5. The number of likely N-dealkylation sites (tertiary alicyclic amines) is 1. The van der Waals surface area contributed by atoms with Gasteiger partial charge in [0, 0.05) is 25.6 Å². The highest BCUT2D eigenvalue weighted by Gasteiger charge is 2.23. The molecule has 0 radical (unpaired) electrons. The number of carbonyl (C=O) groups is 2. The van der Waals surface area contributed by atoms with Crippen molar-refractivity contribution in [1.29, 1.82) is 0 Å². The second-order valence-electron chi connectivity index (χ2n) is 9.80. The third-order valence-corrected chi connectivity index (χ3v) is 5.92. The zero-order chi connectivity index (χ0) is 24.7. The Morgan fingerprint density at radius 2 is 1.76 bits per heavy atom. The minimum absolute atomic E-state index is 0.0177. The van der Waals surface area contributed by atoms with E-state index in [4.69, 9.17) is 14.8 Å². The number of piperidine rings is 1. The summed E-state index contributed by atoms with van der Waals surface area (Å²) >= 11 is 0. The molecule has 0 bridgehead atoms. The lowest BCUT2D eigenvalue weighted by Crippen LogP contribution is -2.36. The maximum absolute atomic E-state index is 12.6. The molecule has 2 aromatic carbocycles. The van der Waals surface area contributed by atoms with E-state index in [1.165, 1.54) is 5.56 Å². The van der Waals surface area contributed by atoms with Crippen LogP contribution in [0.5, 0.6) is 0 Å². The molecule has 0 saturated carbocycles. The van der Waals surface area contributed by atoms with E-state index in [0.29, 0.717) is 37.3 Å². The Balaban J connectivity index is 1.50. The summed E-state index contributed by atoms with van der Waals surface area (Å²) < 4.78 is 5.40. The van der Waals surface area contributed by atoms with Crippen LogP contribution in [0, 0.1) is 0 Å². The second kappa shape index (κ2) is 11.5. The maximum atomic E-state index is 12.6. The number of carbonyl (C=O) groups excluding carboxylic acids is 2. The van der Waals surface area contributed by atoms with E-state index in [1.54, 1.807) is 36.4 Å². The van der Waals surface area contributed by atoms with Crippen LogP contribution in [-0.2, 0) is 20.7 Å². The normalized spacial score (nSPS) is 14.9. The predicted molar refractivity (Wildman–Crippen MR) is 134 cm³/mol. The van der Waals surface area contributed by atoms with Gasteiger partial charge in [0.1, 0.15) is 5.60 Å². The van der Waals surface area contributed by atoms with Gasteiger partial charge in [-0.3, -0.25) is 9.59 Å². The monoisotopic (exact) mass is 463 g/mol. The third-order valence-electron chi connectivity index (χ3n) is 5.92. The fourth-order valence-electron chi connectivity index (χ4n) is 4.13.